The van der Waals surface area contributed by atoms with Crippen molar-refractivity contribution >= 4 is 0 Å². The maximum Gasteiger partial charge on any atom is 0.108 e. The molecule has 0 heterocycles. The molecule has 0 bridgehead atoms. The van der Waals surface area contributed by atoms with E-state index in [1.54, 1.807) is 7.11 Å². The van der Waals surface area contributed by atoms with Crippen molar-refractivity contribution in [3.63, 3.8) is 0 Å². The van der Waals surface area contributed by atoms with E-state index in [0.29, 0.717) is 5.92 Å². The van der Waals surface area contributed by atoms with Gasteiger partial charge in [0, 0.05) is 19.4 Å². The first-order valence-electron chi connectivity index (χ1n) is 6.30. The maximum atomic E-state index is 5.59. The van der Waals surface area contributed by atoms with Crippen LogP contribution in [0.2, 0.25) is 0 Å². The highest BCUT2D eigenvalue weighted by molar-refractivity contribution is 5.26. The molecule has 93 valence electrons. The topological polar surface area (TPSA) is 9.23 Å². The van der Waals surface area contributed by atoms with E-state index in [1.165, 1.54) is 11.1 Å². The second kappa shape index (κ2) is 6.36. The standard InChI is InChI=1S/C17H19O/c1-14(16-11-7-4-8-12-16)17(18-2)13-15-9-5-3-6-10-15/h3-12,14H,13H2,1-2H3/t14-/m0/s1. The van der Waals surface area contributed by atoms with Gasteiger partial charge in [-0.1, -0.05) is 67.6 Å². The lowest BCUT2D eigenvalue weighted by Gasteiger charge is -2.22. The minimum Gasteiger partial charge on any atom is -0.374 e. The SMILES string of the molecule is CO[C](Cc1ccccc1)[C@@H](C)c1ccccc1. The first-order valence-corrected chi connectivity index (χ1v) is 6.30. The summed E-state index contributed by atoms with van der Waals surface area (Å²) in [4.78, 5) is 0. The molecule has 0 amide bonds. The smallest absolute Gasteiger partial charge is 0.108 e. The van der Waals surface area contributed by atoms with Crippen molar-refractivity contribution in [2.45, 2.75) is 19.3 Å². The minimum absolute atomic E-state index is 0.316. The summed E-state index contributed by atoms with van der Waals surface area (Å²) in [5, 5.41) is 0. The van der Waals surface area contributed by atoms with Crippen LogP contribution in [0.25, 0.3) is 0 Å². The molecule has 2 rings (SSSR count). The molecule has 1 radical (unpaired) electrons. The third-order valence-corrected chi connectivity index (χ3v) is 3.27. The lowest BCUT2D eigenvalue weighted by atomic mass is 9.91. The van der Waals surface area contributed by atoms with Crippen molar-refractivity contribution in [3.8, 4) is 0 Å². The number of hydrogen-bond acceptors (Lipinski definition) is 1. The molecular formula is C17H19O. The van der Waals surface area contributed by atoms with Crippen LogP contribution in [0.15, 0.2) is 60.7 Å². The van der Waals surface area contributed by atoms with Crippen molar-refractivity contribution in [1.29, 1.82) is 0 Å². The zero-order valence-corrected chi connectivity index (χ0v) is 11.0. The van der Waals surface area contributed by atoms with E-state index in [0.717, 1.165) is 12.5 Å². The van der Waals surface area contributed by atoms with Crippen molar-refractivity contribution in [2.24, 2.45) is 0 Å². The Bertz CT molecular complexity index is 450. The highest BCUT2D eigenvalue weighted by Crippen LogP contribution is 2.29. The largest absolute Gasteiger partial charge is 0.374 e. The number of rotatable bonds is 5. The van der Waals surface area contributed by atoms with Crippen LogP contribution in [0, 0.1) is 6.10 Å². The first kappa shape index (κ1) is 12.8. The molecule has 1 nitrogen and oxygen atoms in total. The van der Waals surface area contributed by atoms with Crippen LogP contribution in [0.1, 0.15) is 24.0 Å². The van der Waals surface area contributed by atoms with Crippen LogP contribution >= 0.6 is 0 Å². The lowest BCUT2D eigenvalue weighted by molar-refractivity contribution is 0.181. The Morgan fingerprint density at radius 1 is 0.944 bits per heavy atom. The molecule has 0 aliphatic heterocycles. The Kier molecular flexibility index (Phi) is 4.54. The van der Waals surface area contributed by atoms with Gasteiger partial charge in [-0.05, 0) is 11.1 Å². The molecule has 0 saturated heterocycles. The van der Waals surface area contributed by atoms with E-state index in [4.69, 9.17) is 4.74 Å². The zero-order chi connectivity index (χ0) is 12.8. The minimum atomic E-state index is 0.316. The van der Waals surface area contributed by atoms with E-state index in [-0.39, 0.29) is 0 Å². The summed E-state index contributed by atoms with van der Waals surface area (Å²) in [6, 6.07) is 20.9. The summed E-state index contributed by atoms with van der Waals surface area (Å²) in [6.07, 6.45) is 1.97. The van der Waals surface area contributed by atoms with Gasteiger partial charge >= 0.3 is 0 Å². The molecule has 0 unspecified atom stereocenters. The first-order chi connectivity index (χ1) is 8.81. The van der Waals surface area contributed by atoms with Crippen LogP contribution in [0.3, 0.4) is 0 Å². The monoisotopic (exact) mass is 239 g/mol. The fourth-order valence-electron chi connectivity index (χ4n) is 2.13. The van der Waals surface area contributed by atoms with Crippen LogP contribution < -0.4 is 0 Å². The number of methoxy groups -OCH3 is 1. The Labute approximate surface area is 109 Å². The van der Waals surface area contributed by atoms with E-state index < -0.39 is 0 Å². The van der Waals surface area contributed by atoms with Crippen LogP contribution in [-0.4, -0.2) is 7.11 Å². The molecular weight excluding hydrogens is 220 g/mol. The third-order valence-electron chi connectivity index (χ3n) is 3.27. The molecule has 0 fully saturated rings. The number of ether oxygens (including phenoxy) is 1. The summed E-state index contributed by atoms with van der Waals surface area (Å²) >= 11 is 0. The quantitative estimate of drug-likeness (QED) is 0.759. The Hall–Kier alpha value is -1.60. The van der Waals surface area contributed by atoms with Gasteiger partial charge in [0.15, 0.2) is 0 Å². The second-order valence-corrected chi connectivity index (χ2v) is 4.47. The van der Waals surface area contributed by atoms with E-state index in [9.17, 15) is 0 Å². The molecule has 0 aliphatic carbocycles. The summed E-state index contributed by atoms with van der Waals surface area (Å²) < 4.78 is 5.59. The van der Waals surface area contributed by atoms with E-state index >= 15 is 0 Å². The zero-order valence-electron chi connectivity index (χ0n) is 11.0. The molecule has 2 aromatic rings. The van der Waals surface area contributed by atoms with E-state index in [1.807, 2.05) is 12.1 Å². The van der Waals surface area contributed by atoms with Gasteiger partial charge in [0.25, 0.3) is 0 Å². The molecule has 18 heavy (non-hydrogen) atoms. The summed E-state index contributed by atoms with van der Waals surface area (Å²) in [6.45, 7) is 2.19. The fourth-order valence-corrected chi connectivity index (χ4v) is 2.13. The summed E-state index contributed by atoms with van der Waals surface area (Å²) in [5.74, 6) is 0.316. The van der Waals surface area contributed by atoms with Gasteiger partial charge in [0.1, 0.15) is 6.10 Å². The summed E-state index contributed by atoms with van der Waals surface area (Å²) in [7, 11) is 1.76. The molecule has 0 aromatic heterocycles. The van der Waals surface area contributed by atoms with Gasteiger partial charge in [0.05, 0.1) is 0 Å². The average molecular weight is 239 g/mol. The van der Waals surface area contributed by atoms with Crippen molar-refractivity contribution in [3.05, 3.63) is 77.9 Å². The fraction of sp³-hybridized carbons (Fsp3) is 0.235. The molecule has 1 atom stereocenters. The molecule has 1 heteroatoms. The van der Waals surface area contributed by atoms with Gasteiger partial charge in [-0.2, -0.15) is 0 Å². The van der Waals surface area contributed by atoms with Gasteiger partial charge < -0.3 is 4.74 Å². The lowest BCUT2D eigenvalue weighted by Crippen LogP contribution is -2.13. The highest BCUT2D eigenvalue weighted by Gasteiger charge is 2.19. The predicted molar refractivity (Wildman–Crippen MR) is 75.3 cm³/mol. The molecule has 0 saturated carbocycles. The molecule has 0 N–H and O–H groups in total. The maximum absolute atomic E-state index is 5.59. The van der Waals surface area contributed by atoms with Crippen molar-refractivity contribution in [1.82, 2.24) is 0 Å². The highest BCUT2D eigenvalue weighted by atomic mass is 16.5. The summed E-state index contributed by atoms with van der Waals surface area (Å²) in [5.41, 5.74) is 2.59. The van der Waals surface area contributed by atoms with Crippen LogP contribution in [-0.2, 0) is 11.2 Å². The van der Waals surface area contributed by atoms with Crippen molar-refractivity contribution < 1.29 is 4.74 Å². The predicted octanol–water partition coefficient (Wildman–Crippen LogP) is 4.21. The van der Waals surface area contributed by atoms with Crippen molar-refractivity contribution in [2.75, 3.05) is 7.11 Å². The van der Waals surface area contributed by atoms with Gasteiger partial charge in [-0.25, -0.2) is 0 Å². The normalized spacial score (nSPS) is 12.6. The number of hydrogen-bond donors (Lipinski definition) is 0. The molecule has 0 spiro atoms. The Balaban J connectivity index is 2.09. The van der Waals surface area contributed by atoms with Gasteiger partial charge in [0.2, 0.25) is 0 Å². The van der Waals surface area contributed by atoms with E-state index in [2.05, 4.69) is 55.5 Å². The molecule has 0 aliphatic rings. The van der Waals surface area contributed by atoms with Gasteiger partial charge in [-0.3, -0.25) is 0 Å². The Morgan fingerprint density at radius 3 is 2.06 bits per heavy atom. The second-order valence-electron chi connectivity index (χ2n) is 4.47. The Morgan fingerprint density at radius 2 is 1.50 bits per heavy atom. The number of benzene rings is 2. The third kappa shape index (κ3) is 3.21. The average Bonchev–Trinajstić information content (AvgIpc) is 2.46. The van der Waals surface area contributed by atoms with Crippen LogP contribution in [0.5, 0.6) is 0 Å². The van der Waals surface area contributed by atoms with Crippen LogP contribution in [0.4, 0.5) is 0 Å². The van der Waals surface area contributed by atoms with Gasteiger partial charge in [-0.15, -0.1) is 0 Å². The molecule has 2 aromatic carbocycles.